The monoisotopic (exact) mass is 377 g/mol. The molecule has 1 N–H and O–H groups in total. The number of carbonyl (C=O) groups is 1. The molecule has 3 nitrogen and oxygen atoms in total. The van der Waals surface area contributed by atoms with Gasteiger partial charge in [-0.25, -0.2) is 0 Å². The lowest BCUT2D eigenvalue weighted by molar-refractivity contribution is -0.147. The third kappa shape index (κ3) is 3.84. The molecule has 0 unspecified atom stereocenters. The molecule has 0 amide bonds. The highest BCUT2D eigenvalue weighted by molar-refractivity contribution is 6.30. The quantitative estimate of drug-likeness (QED) is 0.776. The minimum Gasteiger partial charge on any atom is -0.481 e. The summed E-state index contributed by atoms with van der Waals surface area (Å²) in [5, 5.41) is 10.7. The molecule has 0 spiro atoms. The lowest BCUT2D eigenvalue weighted by Crippen LogP contribution is -2.52. The summed E-state index contributed by atoms with van der Waals surface area (Å²) in [4.78, 5) is 14.4. The topological polar surface area (TPSA) is 40.5 Å². The molecule has 132 valence electrons. The molecule has 2 atom stereocenters. The standard InChI is InChI=1S/C20H21Cl2NO2/c21-13-18-12-20(19(24)25,16-4-2-1-3-5-16)10-11-23(18)14-15-6-8-17(22)9-7-15/h1-9,18H,10-14H2,(H,24,25)/t18-,20+/m1/s1. The number of nitrogens with zero attached hydrogens (tertiary/aromatic N) is 1. The molecular weight excluding hydrogens is 357 g/mol. The van der Waals surface area contributed by atoms with Crippen molar-refractivity contribution in [1.82, 2.24) is 4.90 Å². The Morgan fingerprint density at radius 2 is 1.84 bits per heavy atom. The number of hydrogen-bond acceptors (Lipinski definition) is 2. The first-order valence-corrected chi connectivity index (χ1v) is 9.30. The highest BCUT2D eigenvalue weighted by Crippen LogP contribution is 2.39. The molecule has 0 bridgehead atoms. The first kappa shape index (κ1) is 18.2. The number of alkyl halides is 1. The first-order chi connectivity index (χ1) is 12.0. The Morgan fingerprint density at radius 3 is 2.44 bits per heavy atom. The third-order valence-electron chi connectivity index (χ3n) is 5.14. The molecule has 1 saturated heterocycles. The molecule has 1 heterocycles. The van der Waals surface area contributed by atoms with Crippen LogP contribution < -0.4 is 0 Å². The van der Waals surface area contributed by atoms with Gasteiger partial charge in [0.1, 0.15) is 0 Å². The predicted molar refractivity (Wildman–Crippen MR) is 101 cm³/mol. The maximum atomic E-state index is 12.2. The van der Waals surface area contributed by atoms with Crippen LogP contribution in [0.4, 0.5) is 0 Å². The zero-order valence-corrected chi connectivity index (χ0v) is 15.4. The fourth-order valence-electron chi connectivity index (χ4n) is 3.67. The van der Waals surface area contributed by atoms with Crippen LogP contribution in [0.3, 0.4) is 0 Å². The molecule has 2 aromatic rings. The number of carboxylic acid groups (broad SMARTS) is 1. The fraction of sp³-hybridized carbons (Fsp3) is 0.350. The summed E-state index contributed by atoms with van der Waals surface area (Å²) in [6.07, 6.45) is 1.09. The van der Waals surface area contributed by atoms with Gasteiger partial charge in [0.15, 0.2) is 0 Å². The summed E-state index contributed by atoms with van der Waals surface area (Å²) in [7, 11) is 0. The Kier molecular flexibility index (Phi) is 5.67. The zero-order chi connectivity index (χ0) is 17.9. The number of likely N-dealkylation sites (tertiary alicyclic amines) is 1. The molecule has 1 fully saturated rings. The molecule has 2 aromatic carbocycles. The van der Waals surface area contributed by atoms with Gasteiger partial charge in [0.25, 0.3) is 0 Å². The summed E-state index contributed by atoms with van der Waals surface area (Å²) >= 11 is 12.2. The average molecular weight is 378 g/mol. The largest absolute Gasteiger partial charge is 0.481 e. The Labute approximate surface area is 158 Å². The Balaban J connectivity index is 1.82. The molecule has 0 saturated carbocycles. The second-order valence-electron chi connectivity index (χ2n) is 6.61. The number of aliphatic carboxylic acids is 1. The molecule has 0 aromatic heterocycles. The van der Waals surface area contributed by atoms with Crippen LogP contribution in [0.1, 0.15) is 24.0 Å². The molecule has 1 aliphatic rings. The van der Waals surface area contributed by atoms with Crippen LogP contribution in [0.15, 0.2) is 54.6 Å². The minimum atomic E-state index is -0.864. The van der Waals surface area contributed by atoms with E-state index < -0.39 is 11.4 Å². The zero-order valence-electron chi connectivity index (χ0n) is 13.9. The summed E-state index contributed by atoms with van der Waals surface area (Å²) in [6.45, 7) is 1.44. The number of rotatable bonds is 5. The van der Waals surface area contributed by atoms with E-state index in [4.69, 9.17) is 23.2 Å². The van der Waals surface area contributed by atoms with Crippen molar-refractivity contribution < 1.29 is 9.90 Å². The maximum absolute atomic E-state index is 12.2. The van der Waals surface area contributed by atoms with Gasteiger partial charge in [-0.05, 0) is 36.1 Å². The average Bonchev–Trinajstić information content (AvgIpc) is 2.64. The van der Waals surface area contributed by atoms with Crippen LogP contribution in [0.5, 0.6) is 0 Å². The van der Waals surface area contributed by atoms with Crippen molar-refractivity contribution in [1.29, 1.82) is 0 Å². The Bertz CT molecular complexity index is 720. The van der Waals surface area contributed by atoms with Gasteiger partial charge in [-0.15, -0.1) is 11.6 Å². The molecule has 25 heavy (non-hydrogen) atoms. The van der Waals surface area contributed by atoms with Crippen LogP contribution in [0.25, 0.3) is 0 Å². The van der Waals surface area contributed by atoms with Crippen molar-refractivity contribution in [2.45, 2.75) is 30.8 Å². The maximum Gasteiger partial charge on any atom is 0.314 e. The van der Waals surface area contributed by atoms with Gasteiger partial charge in [-0.2, -0.15) is 0 Å². The van der Waals surface area contributed by atoms with E-state index in [9.17, 15) is 9.90 Å². The molecule has 0 radical (unpaired) electrons. The van der Waals surface area contributed by atoms with Crippen LogP contribution in [-0.2, 0) is 16.8 Å². The van der Waals surface area contributed by atoms with Crippen molar-refractivity contribution in [3.8, 4) is 0 Å². The summed E-state index contributed by atoms with van der Waals surface area (Å²) in [6, 6.07) is 17.3. The number of piperidine rings is 1. The Morgan fingerprint density at radius 1 is 1.16 bits per heavy atom. The predicted octanol–water partition coefficient (Wildman–Crippen LogP) is 4.57. The number of benzene rings is 2. The third-order valence-corrected chi connectivity index (χ3v) is 5.75. The van der Waals surface area contributed by atoms with E-state index in [0.29, 0.717) is 30.3 Å². The second kappa shape index (κ2) is 7.77. The summed E-state index contributed by atoms with van der Waals surface area (Å²) in [5.74, 6) is -0.352. The van der Waals surface area contributed by atoms with E-state index in [1.165, 1.54) is 0 Å². The summed E-state index contributed by atoms with van der Waals surface area (Å²) in [5.41, 5.74) is 1.16. The highest BCUT2D eigenvalue weighted by atomic mass is 35.5. The van der Waals surface area contributed by atoms with Crippen molar-refractivity contribution in [2.75, 3.05) is 12.4 Å². The van der Waals surface area contributed by atoms with Gasteiger partial charge < -0.3 is 5.11 Å². The number of hydrogen-bond donors (Lipinski definition) is 1. The Hall–Kier alpha value is -1.55. The van der Waals surface area contributed by atoms with Crippen LogP contribution in [0, 0.1) is 0 Å². The lowest BCUT2D eigenvalue weighted by Gasteiger charge is -2.44. The molecular formula is C20H21Cl2NO2. The highest BCUT2D eigenvalue weighted by Gasteiger charge is 2.46. The number of carboxylic acids is 1. The van der Waals surface area contributed by atoms with Gasteiger partial charge in [0.2, 0.25) is 0 Å². The smallest absolute Gasteiger partial charge is 0.314 e. The first-order valence-electron chi connectivity index (χ1n) is 8.38. The lowest BCUT2D eigenvalue weighted by atomic mass is 9.70. The molecule has 1 aliphatic heterocycles. The van der Waals surface area contributed by atoms with Crippen molar-refractivity contribution >= 4 is 29.2 Å². The van der Waals surface area contributed by atoms with Gasteiger partial charge >= 0.3 is 5.97 Å². The minimum absolute atomic E-state index is 0.0161. The van der Waals surface area contributed by atoms with Crippen LogP contribution in [-0.4, -0.2) is 34.4 Å². The van der Waals surface area contributed by atoms with Crippen LogP contribution in [0.2, 0.25) is 5.02 Å². The van der Waals surface area contributed by atoms with Gasteiger partial charge in [-0.3, -0.25) is 9.69 Å². The van der Waals surface area contributed by atoms with Crippen LogP contribution >= 0.6 is 23.2 Å². The van der Waals surface area contributed by atoms with E-state index in [1.54, 1.807) is 0 Å². The second-order valence-corrected chi connectivity index (χ2v) is 7.36. The summed E-state index contributed by atoms with van der Waals surface area (Å²) < 4.78 is 0. The molecule has 5 heteroatoms. The van der Waals surface area contributed by atoms with Gasteiger partial charge in [0, 0.05) is 30.0 Å². The SMILES string of the molecule is O=C(O)[C@@]1(c2ccccc2)CCN(Cc2ccc(Cl)cc2)[C@@H](CCl)C1. The normalized spacial score (nSPS) is 24.2. The van der Waals surface area contributed by atoms with E-state index in [1.807, 2.05) is 54.6 Å². The van der Waals surface area contributed by atoms with Gasteiger partial charge in [0.05, 0.1) is 5.41 Å². The molecule has 0 aliphatic carbocycles. The molecule has 3 rings (SSSR count). The van der Waals surface area contributed by atoms with Crippen molar-refractivity contribution in [2.24, 2.45) is 0 Å². The van der Waals surface area contributed by atoms with Gasteiger partial charge in [-0.1, -0.05) is 54.1 Å². The van der Waals surface area contributed by atoms with E-state index >= 15 is 0 Å². The van der Waals surface area contributed by atoms with Crippen molar-refractivity contribution in [3.05, 3.63) is 70.7 Å². The van der Waals surface area contributed by atoms with E-state index in [2.05, 4.69) is 4.90 Å². The fourth-order valence-corrected chi connectivity index (χ4v) is 4.10. The van der Waals surface area contributed by atoms with E-state index in [-0.39, 0.29) is 6.04 Å². The van der Waals surface area contributed by atoms with E-state index in [0.717, 1.165) is 17.7 Å². The number of halogens is 2. The van der Waals surface area contributed by atoms with Crippen molar-refractivity contribution in [3.63, 3.8) is 0 Å².